The van der Waals surface area contributed by atoms with Crippen LogP contribution in [0.3, 0.4) is 0 Å². The molecular formula is C19H23ClN2O3. The van der Waals surface area contributed by atoms with E-state index in [1.165, 1.54) is 11.1 Å². The molecule has 1 aromatic rings. The number of rotatable bonds is 3. The lowest BCUT2D eigenvalue weighted by Crippen LogP contribution is -2.59. The van der Waals surface area contributed by atoms with Crippen LogP contribution >= 0.6 is 11.6 Å². The molecular weight excluding hydrogens is 340 g/mol. The predicted molar refractivity (Wildman–Crippen MR) is 94.7 cm³/mol. The van der Waals surface area contributed by atoms with Gasteiger partial charge in [0.25, 0.3) is 0 Å². The molecule has 1 aliphatic heterocycles. The van der Waals surface area contributed by atoms with Gasteiger partial charge in [0.05, 0.1) is 5.54 Å². The van der Waals surface area contributed by atoms with Crippen molar-refractivity contribution < 1.29 is 14.3 Å². The first-order chi connectivity index (χ1) is 11.8. The fraction of sp³-hybridized carbons (Fsp3) is 0.579. The molecule has 0 radical (unpaired) electrons. The summed E-state index contributed by atoms with van der Waals surface area (Å²) in [5.74, 6) is 0.671. The highest BCUT2D eigenvalue weighted by Gasteiger charge is 2.53. The van der Waals surface area contributed by atoms with Gasteiger partial charge in [-0.25, -0.2) is 4.79 Å². The zero-order chi connectivity index (χ0) is 17.8. The molecule has 1 N–H and O–H groups in total. The van der Waals surface area contributed by atoms with Gasteiger partial charge in [0.2, 0.25) is 5.91 Å². The van der Waals surface area contributed by atoms with Gasteiger partial charge in [0.15, 0.2) is 0 Å². The van der Waals surface area contributed by atoms with Crippen LogP contribution in [0.4, 0.5) is 4.79 Å². The normalized spacial score (nSPS) is 33.2. The fourth-order valence-electron chi connectivity index (χ4n) is 4.41. The molecule has 0 unspecified atom stereocenters. The molecule has 0 bridgehead atoms. The number of nitrogens with zero attached hydrogens (tertiary/aromatic N) is 1. The summed E-state index contributed by atoms with van der Waals surface area (Å²) in [7, 11) is 1.90. The maximum Gasteiger partial charge on any atom is 0.407 e. The van der Waals surface area contributed by atoms with Crippen LogP contribution in [-0.4, -0.2) is 42.1 Å². The van der Waals surface area contributed by atoms with Crippen LogP contribution in [0, 0.1) is 12.8 Å². The molecule has 0 aromatic heterocycles. The molecule has 2 saturated carbocycles. The summed E-state index contributed by atoms with van der Waals surface area (Å²) in [6, 6.07) is 6.49. The Labute approximate surface area is 152 Å². The summed E-state index contributed by atoms with van der Waals surface area (Å²) in [4.78, 5) is 25.8. The molecule has 2 amide bonds. The van der Waals surface area contributed by atoms with Crippen molar-refractivity contribution in [2.24, 2.45) is 5.92 Å². The van der Waals surface area contributed by atoms with E-state index < -0.39 is 0 Å². The van der Waals surface area contributed by atoms with E-state index in [1.807, 2.05) is 24.1 Å². The van der Waals surface area contributed by atoms with Gasteiger partial charge in [-0.15, -0.1) is 0 Å². The minimum atomic E-state index is -0.363. The Morgan fingerprint density at radius 3 is 2.64 bits per heavy atom. The topological polar surface area (TPSA) is 58.6 Å². The molecule has 25 heavy (non-hydrogen) atoms. The van der Waals surface area contributed by atoms with E-state index in [1.54, 1.807) is 0 Å². The van der Waals surface area contributed by atoms with Crippen molar-refractivity contribution in [1.82, 2.24) is 10.2 Å². The molecule has 2 aliphatic carbocycles. The zero-order valence-electron chi connectivity index (χ0n) is 14.5. The van der Waals surface area contributed by atoms with E-state index >= 15 is 0 Å². The third-order valence-corrected chi connectivity index (χ3v) is 6.23. The van der Waals surface area contributed by atoms with Crippen LogP contribution in [0.15, 0.2) is 18.2 Å². The van der Waals surface area contributed by atoms with Gasteiger partial charge in [0, 0.05) is 24.0 Å². The predicted octanol–water partition coefficient (Wildman–Crippen LogP) is 3.24. The van der Waals surface area contributed by atoms with Gasteiger partial charge in [-0.1, -0.05) is 17.7 Å². The third kappa shape index (κ3) is 2.99. The van der Waals surface area contributed by atoms with E-state index in [0.29, 0.717) is 31.4 Å². The van der Waals surface area contributed by atoms with Crippen LogP contribution in [-0.2, 0) is 9.53 Å². The second-order valence-electron chi connectivity index (χ2n) is 7.92. The van der Waals surface area contributed by atoms with Crippen molar-refractivity contribution in [3.8, 4) is 0 Å². The summed E-state index contributed by atoms with van der Waals surface area (Å²) >= 11 is 6.16. The highest BCUT2D eigenvalue weighted by atomic mass is 35.5. The van der Waals surface area contributed by atoms with E-state index in [4.69, 9.17) is 16.3 Å². The van der Waals surface area contributed by atoms with Crippen LogP contribution in [0.1, 0.15) is 42.7 Å². The number of halogens is 1. The average molecular weight is 363 g/mol. The molecule has 6 heteroatoms. The Balaban J connectivity index is 1.30. The molecule has 3 fully saturated rings. The number of alkyl carbamates (subject to hydrolysis) is 1. The van der Waals surface area contributed by atoms with Crippen LogP contribution in [0.5, 0.6) is 0 Å². The zero-order valence-corrected chi connectivity index (χ0v) is 15.3. The van der Waals surface area contributed by atoms with Crippen LogP contribution in [0.2, 0.25) is 5.02 Å². The molecule has 1 aromatic carbocycles. The molecule has 134 valence electrons. The summed E-state index contributed by atoms with van der Waals surface area (Å²) in [5.41, 5.74) is 2.16. The standard InChI is InChI=1S/C19H23ClN2O3/c1-11-3-12(5-15(20)4-11)13-6-16(7-13)22(2)17(23)14-8-19(9-14)10-25-18(24)21-19/h3-5,13-14,16H,6-10H2,1-2H3,(H,21,24)/t13-,14-,16+,19+. The molecule has 3 aliphatic rings. The Bertz CT molecular complexity index is 703. The Kier molecular flexibility index (Phi) is 3.95. The SMILES string of the molecule is Cc1cc(Cl)cc([C@H]2C[C@@H](N(C)C(=O)[C@H]3C[C@]4(COC(=O)N4)C3)C2)c1. The largest absolute Gasteiger partial charge is 0.447 e. The summed E-state index contributed by atoms with van der Waals surface area (Å²) in [5, 5.41) is 3.62. The van der Waals surface area contributed by atoms with Crippen molar-refractivity contribution in [1.29, 1.82) is 0 Å². The number of carbonyl (C=O) groups is 2. The Morgan fingerprint density at radius 2 is 2.04 bits per heavy atom. The van der Waals surface area contributed by atoms with Gasteiger partial charge in [-0.2, -0.15) is 0 Å². The highest BCUT2D eigenvalue weighted by Crippen LogP contribution is 2.44. The average Bonchev–Trinajstić information content (AvgIpc) is 2.84. The highest BCUT2D eigenvalue weighted by molar-refractivity contribution is 6.30. The summed E-state index contributed by atoms with van der Waals surface area (Å²) < 4.78 is 4.98. The minimum Gasteiger partial charge on any atom is -0.447 e. The Morgan fingerprint density at radius 1 is 1.32 bits per heavy atom. The lowest BCUT2D eigenvalue weighted by Gasteiger charge is -2.47. The first kappa shape index (κ1) is 16.7. The van der Waals surface area contributed by atoms with Crippen LogP contribution < -0.4 is 5.32 Å². The minimum absolute atomic E-state index is 0.000496. The number of amides is 2. The van der Waals surface area contributed by atoms with Gasteiger partial charge < -0.3 is 15.0 Å². The molecule has 0 atom stereocenters. The van der Waals surface area contributed by atoms with E-state index in [2.05, 4.69) is 18.3 Å². The monoisotopic (exact) mass is 362 g/mol. The number of benzene rings is 1. The number of hydrogen-bond acceptors (Lipinski definition) is 3. The summed E-state index contributed by atoms with van der Waals surface area (Å²) in [6.45, 7) is 2.44. The molecule has 1 spiro atoms. The number of cyclic esters (lactones) is 1. The number of carbonyl (C=O) groups excluding carboxylic acids is 2. The van der Waals surface area contributed by atoms with Gasteiger partial charge >= 0.3 is 6.09 Å². The number of nitrogens with one attached hydrogen (secondary N) is 1. The van der Waals surface area contributed by atoms with Crippen LogP contribution in [0.25, 0.3) is 0 Å². The van der Waals surface area contributed by atoms with E-state index in [-0.39, 0.29) is 23.5 Å². The molecule has 1 heterocycles. The second kappa shape index (κ2) is 5.90. The van der Waals surface area contributed by atoms with Crippen molar-refractivity contribution in [2.45, 2.75) is 50.1 Å². The van der Waals surface area contributed by atoms with E-state index in [0.717, 1.165) is 17.9 Å². The van der Waals surface area contributed by atoms with E-state index in [9.17, 15) is 9.59 Å². The van der Waals surface area contributed by atoms with Gasteiger partial charge in [-0.3, -0.25) is 4.79 Å². The van der Waals surface area contributed by atoms with Crippen molar-refractivity contribution in [3.63, 3.8) is 0 Å². The van der Waals surface area contributed by atoms with Crippen molar-refractivity contribution in [2.75, 3.05) is 13.7 Å². The quantitative estimate of drug-likeness (QED) is 0.898. The number of ether oxygens (including phenoxy) is 1. The second-order valence-corrected chi connectivity index (χ2v) is 8.36. The Hall–Kier alpha value is -1.75. The molecule has 1 saturated heterocycles. The fourth-order valence-corrected chi connectivity index (χ4v) is 4.71. The van der Waals surface area contributed by atoms with Gasteiger partial charge in [0.1, 0.15) is 6.61 Å². The lowest BCUT2D eigenvalue weighted by molar-refractivity contribution is -0.143. The maximum atomic E-state index is 12.7. The first-order valence-corrected chi connectivity index (χ1v) is 9.22. The van der Waals surface area contributed by atoms with Crippen molar-refractivity contribution >= 4 is 23.6 Å². The molecule has 5 nitrogen and oxygen atoms in total. The number of hydrogen-bond donors (Lipinski definition) is 1. The summed E-state index contributed by atoms with van der Waals surface area (Å²) in [6.07, 6.45) is 2.98. The maximum absolute atomic E-state index is 12.7. The smallest absolute Gasteiger partial charge is 0.407 e. The number of aryl methyl sites for hydroxylation is 1. The lowest BCUT2D eigenvalue weighted by atomic mass is 9.67. The first-order valence-electron chi connectivity index (χ1n) is 8.84. The molecule has 4 rings (SSSR count). The van der Waals surface area contributed by atoms with Gasteiger partial charge in [-0.05, 0) is 61.8 Å². The third-order valence-electron chi connectivity index (χ3n) is 6.01. The van der Waals surface area contributed by atoms with Crippen molar-refractivity contribution in [3.05, 3.63) is 34.3 Å².